The molecule has 1 aromatic heterocycles. The van der Waals surface area contributed by atoms with Gasteiger partial charge in [0.25, 0.3) is 11.8 Å². The van der Waals surface area contributed by atoms with Crippen LogP contribution in [-0.2, 0) is 41.7 Å². The molecule has 53 heavy (non-hydrogen) atoms. The molecule has 15 heteroatoms. The SMILES string of the molecule is CCOC(=O)C[n+]1ccc2c(OCC(=O)N[C@H](C(=O)N[C@@H](Cc3ccccc3)[C@H](O)C(=O)N3CSC[C@H]3C(=O)NC(C)(C)C)C(C)C)cccc2c1.[Br-]. The third kappa shape index (κ3) is 12.4. The average molecular weight is 817 g/mol. The van der Waals surface area contributed by atoms with Crippen LogP contribution in [0.3, 0.4) is 0 Å². The minimum Gasteiger partial charge on any atom is -1.00 e. The number of fused-ring (bicyclic) bond motifs is 1. The van der Waals surface area contributed by atoms with Crippen LogP contribution in [0.1, 0.15) is 47.1 Å². The number of carbonyl (C=O) groups excluding carboxylic acids is 5. The van der Waals surface area contributed by atoms with E-state index in [1.807, 2.05) is 57.2 Å². The number of aliphatic hydroxyl groups excluding tert-OH is 1. The number of ether oxygens (including phenoxy) is 2. The minimum absolute atomic E-state index is 0. The summed E-state index contributed by atoms with van der Waals surface area (Å²) >= 11 is 1.41. The number of esters is 1. The van der Waals surface area contributed by atoms with Crippen molar-refractivity contribution in [3.05, 3.63) is 72.6 Å². The predicted octanol–water partition coefficient (Wildman–Crippen LogP) is -0.881. The second-order valence-corrected chi connectivity index (χ2v) is 15.1. The molecule has 13 nitrogen and oxygen atoms in total. The quantitative estimate of drug-likeness (QED) is 0.113. The Bertz CT molecular complexity index is 1740. The van der Waals surface area contributed by atoms with Crippen LogP contribution >= 0.6 is 11.8 Å². The maximum atomic E-state index is 13.8. The van der Waals surface area contributed by atoms with Crippen molar-refractivity contribution in [2.24, 2.45) is 5.92 Å². The van der Waals surface area contributed by atoms with Gasteiger partial charge in [0.1, 0.15) is 17.8 Å². The van der Waals surface area contributed by atoms with Gasteiger partial charge < -0.3 is 52.4 Å². The molecule has 4 N–H and O–H groups in total. The summed E-state index contributed by atoms with van der Waals surface area (Å²) < 4.78 is 12.6. The van der Waals surface area contributed by atoms with Crippen molar-refractivity contribution in [3.63, 3.8) is 0 Å². The Morgan fingerprint density at radius 3 is 2.40 bits per heavy atom. The van der Waals surface area contributed by atoms with Gasteiger partial charge in [-0.1, -0.05) is 50.2 Å². The molecule has 3 aromatic rings. The van der Waals surface area contributed by atoms with Crippen molar-refractivity contribution in [1.29, 1.82) is 0 Å². The van der Waals surface area contributed by atoms with Crippen molar-refractivity contribution in [2.75, 3.05) is 24.8 Å². The average Bonchev–Trinajstić information content (AvgIpc) is 3.59. The van der Waals surface area contributed by atoms with Crippen LogP contribution in [0.4, 0.5) is 0 Å². The van der Waals surface area contributed by atoms with Crippen LogP contribution in [0.2, 0.25) is 0 Å². The highest BCUT2D eigenvalue weighted by atomic mass is 79.9. The number of rotatable bonds is 15. The van der Waals surface area contributed by atoms with E-state index < -0.39 is 47.5 Å². The number of amides is 4. The Labute approximate surface area is 325 Å². The van der Waals surface area contributed by atoms with Crippen LogP contribution in [0, 0.1) is 5.92 Å². The molecule has 1 fully saturated rings. The molecule has 4 amide bonds. The van der Waals surface area contributed by atoms with Gasteiger partial charge in [-0.3, -0.25) is 19.2 Å². The lowest BCUT2D eigenvalue weighted by molar-refractivity contribution is -0.684. The zero-order chi connectivity index (χ0) is 38.0. The number of nitrogens with zero attached hydrogens (tertiary/aromatic N) is 2. The van der Waals surface area contributed by atoms with Crippen LogP contribution in [0.5, 0.6) is 5.75 Å². The van der Waals surface area contributed by atoms with E-state index in [2.05, 4.69) is 16.0 Å². The number of hydrogen-bond acceptors (Lipinski definition) is 9. The summed E-state index contributed by atoms with van der Waals surface area (Å²) in [6.45, 7) is 10.8. The molecule has 4 atom stereocenters. The van der Waals surface area contributed by atoms with Crippen LogP contribution < -0.4 is 42.2 Å². The number of hydrogen-bond donors (Lipinski definition) is 4. The monoisotopic (exact) mass is 815 g/mol. The van der Waals surface area contributed by atoms with E-state index in [1.165, 1.54) is 16.7 Å². The first-order chi connectivity index (χ1) is 24.7. The van der Waals surface area contributed by atoms with Gasteiger partial charge in [0.05, 0.1) is 18.5 Å². The first kappa shape index (κ1) is 43.2. The number of thioether (sulfide) groups is 1. The molecule has 0 bridgehead atoms. The molecule has 288 valence electrons. The number of halogens is 1. The van der Waals surface area contributed by atoms with Gasteiger partial charge in [-0.15, -0.1) is 11.8 Å². The maximum Gasteiger partial charge on any atom is 0.372 e. The van der Waals surface area contributed by atoms with Crippen molar-refractivity contribution in [3.8, 4) is 5.75 Å². The molecule has 1 aliphatic heterocycles. The zero-order valence-electron chi connectivity index (χ0n) is 31.0. The summed E-state index contributed by atoms with van der Waals surface area (Å²) in [6.07, 6.45) is 1.97. The second kappa shape index (κ2) is 19.7. The second-order valence-electron chi connectivity index (χ2n) is 14.1. The van der Waals surface area contributed by atoms with Gasteiger partial charge in [0.2, 0.25) is 18.4 Å². The predicted molar refractivity (Wildman–Crippen MR) is 197 cm³/mol. The first-order valence-electron chi connectivity index (χ1n) is 17.4. The number of pyridine rings is 1. The Morgan fingerprint density at radius 2 is 1.74 bits per heavy atom. The Hall–Kier alpha value is -4.21. The van der Waals surface area contributed by atoms with Crippen molar-refractivity contribution < 1.29 is 60.1 Å². The molecule has 4 rings (SSSR count). The minimum atomic E-state index is -1.66. The molecule has 2 aromatic carbocycles. The largest absolute Gasteiger partial charge is 1.00 e. The summed E-state index contributed by atoms with van der Waals surface area (Å²) in [6, 6.07) is 13.4. The van der Waals surface area contributed by atoms with Crippen LogP contribution in [-0.4, -0.2) is 94.2 Å². The Morgan fingerprint density at radius 1 is 1.02 bits per heavy atom. The van der Waals surface area contributed by atoms with E-state index in [9.17, 15) is 29.1 Å². The molecule has 2 heterocycles. The number of aromatic nitrogens is 1. The lowest BCUT2D eigenvalue weighted by Gasteiger charge is -2.32. The van der Waals surface area contributed by atoms with Gasteiger partial charge in [0, 0.05) is 28.1 Å². The third-order valence-electron chi connectivity index (χ3n) is 8.31. The summed E-state index contributed by atoms with van der Waals surface area (Å²) in [5.74, 6) is -1.77. The Kier molecular flexibility index (Phi) is 16.1. The summed E-state index contributed by atoms with van der Waals surface area (Å²) in [7, 11) is 0. The van der Waals surface area contributed by atoms with Gasteiger partial charge in [-0.25, -0.2) is 4.79 Å². The van der Waals surface area contributed by atoms with Gasteiger partial charge in [-0.2, -0.15) is 4.57 Å². The molecular weight excluding hydrogens is 766 g/mol. The lowest BCUT2D eigenvalue weighted by atomic mass is 9.97. The highest BCUT2D eigenvalue weighted by Gasteiger charge is 2.41. The smallest absolute Gasteiger partial charge is 0.372 e. The van der Waals surface area contributed by atoms with Crippen molar-refractivity contribution in [2.45, 2.75) is 84.3 Å². The highest BCUT2D eigenvalue weighted by molar-refractivity contribution is 7.99. The Balaban J connectivity index is 0.00000756. The highest BCUT2D eigenvalue weighted by Crippen LogP contribution is 2.25. The molecule has 1 saturated heterocycles. The fourth-order valence-electron chi connectivity index (χ4n) is 5.77. The fraction of sp³-hybridized carbons (Fsp3) is 0.474. The topological polar surface area (TPSA) is 167 Å². The van der Waals surface area contributed by atoms with E-state index in [-0.39, 0.29) is 60.2 Å². The standard InChI is InChI=1S/C38H49N5O8S.BrH/c1-7-50-32(45)20-42-17-16-27-26(19-42)14-11-15-30(27)51-21-31(44)40-33(24(2)3)36(48)39-28(18-25-12-9-8-10-13-25)34(46)37(49)43-23-52-22-29(43)35(47)41-38(4,5)6;/h8-17,19,24,28-29,33-34,46H,7,18,20-23H2,1-6H3,(H2-,39,40,41,44,47,48);1H/t28-,29-,33-,34-;/m0./s1. The summed E-state index contributed by atoms with van der Waals surface area (Å²) in [5, 5.41) is 21.5. The fourth-order valence-corrected chi connectivity index (χ4v) is 6.94. The number of carbonyl (C=O) groups is 5. The zero-order valence-corrected chi connectivity index (χ0v) is 33.4. The molecule has 1 aliphatic rings. The lowest BCUT2D eigenvalue weighted by Crippen LogP contribution is -3.00. The van der Waals surface area contributed by atoms with E-state index in [1.54, 1.807) is 55.9 Å². The molecule has 0 aliphatic carbocycles. The van der Waals surface area contributed by atoms with Crippen LogP contribution in [0.15, 0.2) is 67.0 Å². The van der Waals surface area contributed by atoms with Gasteiger partial charge in [0.15, 0.2) is 25.1 Å². The van der Waals surface area contributed by atoms with Gasteiger partial charge in [-0.05, 0) is 57.7 Å². The van der Waals surface area contributed by atoms with Crippen molar-refractivity contribution in [1.82, 2.24) is 20.9 Å². The normalized spacial score (nSPS) is 15.8. The van der Waals surface area contributed by atoms with E-state index in [0.717, 1.165) is 16.3 Å². The molecular formula is C38H50BrN5O8S. The maximum absolute atomic E-state index is 13.8. The van der Waals surface area contributed by atoms with E-state index in [4.69, 9.17) is 9.47 Å². The number of nitrogens with one attached hydrogen (secondary N) is 3. The van der Waals surface area contributed by atoms with E-state index in [0.29, 0.717) is 18.1 Å². The third-order valence-corrected chi connectivity index (χ3v) is 9.32. The van der Waals surface area contributed by atoms with E-state index >= 15 is 0 Å². The first-order valence-corrected chi connectivity index (χ1v) is 18.5. The number of benzene rings is 2. The summed E-state index contributed by atoms with van der Waals surface area (Å²) in [5.41, 5.74) is 0.269. The number of aliphatic hydroxyl groups is 1. The molecule has 0 radical (unpaired) electrons. The molecule has 0 unspecified atom stereocenters. The van der Waals surface area contributed by atoms with Crippen LogP contribution in [0.25, 0.3) is 10.8 Å². The molecule has 0 spiro atoms. The summed E-state index contributed by atoms with van der Waals surface area (Å²) in [4.78, 5) is 67.0. The van der Waals surface area contributed by atoms with Crippen molar-refractivity contribution >= 4 is 52.1 Å². The molecule has 0 saturated carbocycles. The van der Waals surface area contributed by atoms with Gasteiger partial charge >= 0.3 is 5.97 Å².